The fraction of sp³-hybridized carbons (Fsp3) is 0.562. The molecule has 0 aromatic heterocycles. The third-order valence-corrected chi connectivity index (χ3v) is 3.86. The zero-order valence-corrected chi connectivity index (χ0v) is 12.1. The number of hydrogen-bond acceptors (Lipinski definition) is 2. The summed E-state index contributed by atoms with van der Waals surface area (Å²) in [5.41, 5.74) is 3.12. The SMILES string of the molecule is CC(=O)Nc1ccc(NC(C)CC2CCC2)cc1C. The second-order valence-electron chi connectivity index (χ2n) is 5.79. The molecule has 0 saturated heterocycles. The summed E-state index contributed by atoms with van der Waals surface area (Å²) in [7, 11) is 0. The molecule has 0 heterocycles. The van der Waals surface area contributed by atoms with Gasteiger partial charge in [-0.3, -0.25) is 4.79 Å². The van der Waals surface area contributed by atoms with Gasteiger partial charge in [0, 0.05) is 24.3 Å². The molecular formula is C16H24N2O. The first-order valence-electron chi connectivity index (χ1n) is 7.19. The quantitative estimate of drug-likeness (QED) is 0.841. The van der Waals surface area contributed by atoms with Crippen molar-refractivity contribution in [2.75, 3.05) is 10.6 Å². The molecule has 1 aliphatic rings. The maximum atomic E-state index is 11.1. The molecule has 104 valence electrons. The van der Waals surface area contributed by atoms with Crippen molar-refractivity contribution in [3.8, 4) is 0 Å². The van der Waals surface area contributed by atoms with Gasteiger partial charge in [-0.2, -0.15) is 0 Å². The van der Waals surface area contributed by atoms with Crippen molar-refractivity contribution >= 4 is 17.3 Å². The molecule has 1 aliphatic carbocycles. The Morgan fingerprint density at radius 1 is 1.42 bits per heavy atom. The number of aryl methyl sites for hydroxylation is 1. The summed E-state index contributed by atoms with van der Waals surface area (Å²) in [5, 5.41) is 6.39. The standard InChI is InChI=1S/C16H24N2O/c1-11-9-15(7-8-16(11)18-13(3)19)17-12(2)10-14-5-4-6-14/h7-9,12,14,17H,4-6,10H2,1-3H3,(H,18,19). The maximum Gasteiger partial charge on any atom is 0.221 e. The smallest absolute Gasteiger partial charge is 0.221 e. The summed E-state index contributed by atoms with van der Waals surface area (Å²) in [6.45, 7) is 5.80. The van der Waals surface area contributed by atoms with E-state index in [9.17, 15) is 4.79 Å². The molecule has 2 rings (SSSR count). The first-order chi connectivity index (χ1) is 9.04. The zero-order chi connectivity index (χ0) is 13.8. The van der Waals surface area contributed by atoms with Crippen LogP contribution in [0.25, 0.3) is 0 Å². The second kappa shape index (κ2) is 6.09. The molecule has 0 aliphatic heterocycles. The van der Waals surface area contributed by atoms with Gasteiger partial charge in [0.05, 0.1) is 0 Å². The number of rotatable bonds is 5. The van der Waals surface area contributed by atoms with Gasteiger partial charge in [0.15, 0.2) is 0 Å². The van der Waals surface area contributed by atoms with Gasteiger partial charge in [-0.15, -0.1) is 0 Å². The average molecular weight is 260 g/mol. The number of carbonyl (C=O) groups excluding carboxylic acids is 1. The molecule has 1 fully saturated rings. The highest BCUT2D eigenvalue weighted by molar-refractivity contribution is 5.89. The lowest BCUT2D eigenvalue weighted by atomic mass is 9.81. The minimum atomic E-state index is -0.0258. The van der Waals surface area contributed by atoms with Crippen LogP contribution < -0.4 is 10.6 Å². The number of hydrogen-bond donors (Lipinski definition) is 2. The van der Waals surface area contributed by atoms with Gasteiger partial charge in [0.1, 0.15) is 0 Å². The third kappa shape index (κ3) is 3.98. The van der Waals surface area contributed by atoms with Crippen LogP contribution in [0.2, 0.25) is 0 Å². The van der Waals surface area contributed by atoms with Crippen LogP contribution in [0.5, 0.6) is 0 Å². The Kier molecular flexibility index (Phi) is 4.46. The average Bonchev–Trinajstić information content (AvgIpc) is 2.27. The highest BCUT2D eigenvalue weighted by Gasteiger charge is 2.19. The fourth-order valence-electron chi connectivity index (χ4n) is 2.66. The molecule has 0 spiro atoms. The molecular weight excluding hydrogens is 236 g/mol. The Hall–Kier alpha value is -1.51. The fourth-order valence-corrected chi connectivity index (χ4v) is 2.66. The van der Waals surface area contributed by atoms with Crippen molar-refractivity contribution in [1.29, 1.82) is 0 Å². The van der Waals surface area contributed by atoms with Gasteiger partial charge in [-0.05, 0) is 49.9 Å². The van der Waals surface area contributed by atoms with Gasteiger partial charge in [-0.25, -0.2) is 0 Å². The lowest BCUT2D eigenvalue weighted by molar-refractivity contribution is -0.114. The van der Waals surface area contributed by atoms with E-state index in [2.05, 4.69) is 23.6 Å². The van der Waals surface area contributed by atoms with Gasteiger partial charge in [0.2, 0.25) is 5.91 Å². The number of carbonyl (C=O) groups is 1. The van der Waals surface area contributed by atoms with Crippen molar-refractivity contribution < 1.29 is 4.79 Å². The number of nitrogens with one attached hydrogen (secondary N) is 2. The van der Waals surface area contributed by atoms with Crippen LogP contribution in [-0.2, 0) is 4.79 Å². The largest absolute Gasteiger partial charge is 0.383 e. The molecule has 1 atom stereocenters. The Bertz CT molecular complexity index is 452. The minimum absolute atomic E-state index is 0.0258. The molecule has 0 bridgehead atoms. The topological polar surface area (TPSA) is 41.1 Å². The molecule has 1 amide bonds. The maximum absolute atomic E-state index is 11.1. The van der Waals surface area contributed by atoms with E-state index in [1.54, 1.807) is 0 Å². The summed E-state index contributed by atoms with van der Waals surface area (Å²) in [6.07, 6.45) is 5.45. The first-order valence-corrected chi connectivity index (χ1v) is 7.19. The normalized spacial score (nSPS) is 16.6. The molecule has 2 N–H and O–H groups in total. The molecule has 3 heteroatoms. The monoisotopic (exact) mass is 260 g/mol. The summed E-state index contributed by atoms with van der Waals surface area (Å²) < 4.78 is 0. The molecule has 1 aromatic carbocycles. The van der Waals surface area contributed by atoms with Crippen LogP contribution in [0.1, 0.15) is 45.1 Å². The van der Waals surface area contributed by atoms with Crippen molar-refractivity contribution in [2.24, 2.45) is 5.92 Å². The van der Waals surface area contributed by atoms with Crippen LogP contribution in [0, 0.1) is 12.8 Å². The Balaban J connectivity index is 1.92. The van der Waals surface area contributed by atoms with Crippen molar-refractivity contribution in [2.45, 2.75) is 52.5 Å². The van der Waals surface area contributed by atoms with Crippen LogP contribution in [0.3, 0.4) is 0 Å². The number of anilines is 2. The van der Waals surface area contributed by atoms with E-state index in [1.165, 1.54) is 32.6 Å². The van der Waals surface area contributed by atoms with Gasteiger partial charge in [-0.1, -0.05) is 19.3 Å². The molecule has 1 unspecified atom stereocenters. The predicted octanol–water partition coefficient (Wildman–Crippen LogP) is 3.94. The molecule has 1 aromatic rings. The lowest BCUT2D eigenvalue weighted by Crippen LogP contribution is -2.23. The third-order valence-electron chi connectivity index (χ3n) is 3.86. The predicted molar refractivity (Wildman–Crippen MR) is 80.5 cm³/mol. The zero-order valence-electron chi connectivity index (χ0n) is 12.1. The highest BCUT2D eigenvalue weighted by Crippen LogP contribution is 2.31. The molecule has 3 nitrogen and oxygen atoms in total. The second-order valence-corrected chi connectivity index (χ2v) is 5.79. The van der Waals surface area contributed by atoms with Crippen LogP contribution in [0.15, 0.2) is 18.2 Å². The van der Waals surface area contributed by atoms with E-state index >= 15 is 0 Å². The van der Waals surface area contributed by atoms with E-state index in [1.807, 2.05) is 19.1 Å². The Labute approximate surface area is 115 Å². The summed E-state index contributed by atoms with van der Waals surface area (Å²) in [5.74, 6) is 0.893. The van der Waals surface area contributed by atoms with E-state index in [-0.39, 0.29) is 5.91 Å². The van der Waals surface area contributed by atoms with Crippen molar-refractivity contribution in [1.82, 2.24) is 0 Å². The lowest BCUT2D eigenvalue weighted by Gasteiger charge is -2.29. The van der Waals surface area contributed by atoms with Crippen LogP contribution in [0.4, 0.5) is 11.4 Å². The van der Waals surface area contributed by atoms with Gasteiger partial charge < -0.3 is 10.6 Å². The number of amides is 1. The molecule has 19 heavy (non-hydrogen) atoms. The van der Waals surface area contributed by atoms with E-state index < -0.39 is 0 Å². The molecule has 1 saturated carbocycles. The summed E-state index contributed by atoms with van der Waals surface area (Å²) >= 11 is 0. The number of benzene rings is 1. The van der Waals surface area contributed by atoms with Gasteiger partial charge in [0.25, 0.3) is 0 Å². The van der Waals surface area contributed by atoms with E-state index in [0.29, 0.717) is 6.04 Å². The summed E-state index contributed by atoms with van der Waals surface area (Å²) in [6, 6.07) is 6.61. The van der Waals surface area contributed by atoms with Crippen LogP contribution in [-0.4, -0.2) is 11.9 Å². The van der Waals surface area contributed by atoms with E-state index in [4.69, 9.17) is 0 Å². The molecule has 0 radical (unpaired) electrons. The van der Waals surface area contributed by atoms with E-state index in [0.717, 1.165) is 22.9 Å². The van der Waals surface area contributed by atoms with Crippen molar-refractivity contribution in [3.63, 3.8) is 0 Å². The Morgan fingerprint density at radius 3 is 2.68 bits per heavy atom. The summed E-state index contributed by atoms with van der Waals surface area (Å²) in [4.78, 5) is 11.1. The Morgan fingerprint density at radius 2 is 2.16 bits per heavy atom. The highest BCUT2D eigenvalue weighted by atomic mass is 16.1. The minimum Gasteiger partial charge on any atom is -0.383 e. The first kappa shape index (κ1) is 13.9. The van der Waals surface area contributed by atoms with Crippen molar-refractivity contribution in [3.05, 3.63) is 23.8 Å². The van der Waals surface area contributed by atoms with Crippen LogP contribution >= 0.6 is 0 Å². The van der Waals surface area contributed by atoms with Gasteiger partial charge >= 0.3 is 0 Å².